The van der Waals surface area contributed by atoms with E-state index in [-0.39, 0.29) is 22.6 Å². The fourth-order valence-corrected chi connectivity index (χ4v) is 7.00. The van der Waals surface area contributed by atoms with Gasteiger partial charge in [0.25, 0.3) is 10.0 Å². The van der Waals surface area contributed by atoms with Crippen molar-refractivity contribution in [3.05, 3.63) is 29.3 Å². The summed E-state index contributed by atoms with van der Waals surface area (Å²) in [6.07, 6.45) is 3.01. The van der Waals surface area contributed by atoms with Gasteiger partial charge in [0.15, 0.2) is 0 Å². The monoisotopic (exact) mass is 483 g/mol. The number of fused-ring (bicyclic) bond motifs is 1. The molecule has 4 rings (SSSR count). The number of carbonyl (C=O) groups excluding carboxylic acids is 2. The van der Waals surface area contributed by atoms with Crippen LogP contribution in [0.2, 0.25) is 5.02 Å². The largest absolute Gasteiger partial charge is 0.341 e. The number of hydrogen-bond acceptors (Lipinski definition) is 5. The lowest BCUT2D eigenvalue weighted by Crippen LogP contribution is -2.55. The number of carbonyl (C=O) groups is 2. The predicted octanol–water partition coefficient (Wildman–Crippen LogP) is 3.08. The molecule has 1 aromatic heterocycles. The number of piperidine rings is 2. The topological polar surface area (TPSA) is 86.8 Å². The summed E-state index contributed by atoms with van der Waals surface area (Å²) >= 11 is 7.12. The zero-order valence-corrected chi connectivity index (χ0v) is 19.7. The quantitative estimate of drug-likeness (QED) is 0.708. The molecule has 1 N–H and O–H groups in total. The van der Waals surface area contributed by atoms with Crippen LogP contribution in [0.4, 0.5) is 0 Å². The molecule has 0 bridgehead atoms. The Morgan fingerprint density at radius 1 is 1.19 bits per heavy atom. The van der Waals surface area contributed by atoms with Crippen molar-refractivity contribution < 1.29 is 18.0 Å². The molecule has 0 aliphatic carbocycles. The van der Waals surface area contributed by atoms with Crippen LogP contribution in [0.15, 0.2) is 28.5 Å². The summed E-state index contributed by atoms with van der Waals surface area (Å²) in [6, 6.07) is 5.93. The van der Waals surface area contributed by atoms with Crippen molar-refractivity contribution in [3.63, 3.8) is 0 Å². The average Bonchev–Trinajstić information content (AvgIpc) is 3.15. The summed E-state index contributed by atoms with van der Waals surface area (Å²) in [6.45, 7) is 4.08. The second-order valence-electron chi connectivity index (χ2n) is 8.39. The first-order valence-corrected chi connectivity index (χ1v) is 13.2. The van der Waals surface area contributed by atoms with Crippen LogP contribution in [0.1, 0.15) is 32.6 Å². The van der Waals surface area contributed by atoms with Crippen molar-refractivity contribution in [2.75, 3.05) is 26.2 Å². The minimum absolute atomic E-state index is 0.00677. The van der Waals surface area contributed by atoms with Gasteiger partial charge in [0.05, 0.1) is 6.54 Å². The molecule has 7 nitrogen and oxygen atoms in total. The smallest absolute Gasteiger partial charge is 0.250 e. The molecule has 1 aromatic carbocycles. The first-order valence-electron chi connectivity index (χ1n) is 10.5. The molecule has 2 saturated heterocycles. The van der Waals surface area contributed by atoms with E-state index in [1.165, 1.54) is 4.90 Å². The highest BCUT2D eigenvalue weighted by Crippen LogP contribution is 2.31. The minimum atomic E-state index is -3.86. The number of rotatable bonds is 5. The summed E-state index contributed by atoms with van der Waals surface area (Å²) in [5.74, 6) is 0.215. The van der Waals surface area contributed by atoms with Crippen molar-refractivity contribution in [2.24, 2.45) is 5.92 Å². The zero-order valence-electron chi connectivity index (χ0n) is 17.3. The Morgan fingerprint density at radius 3 is 2.68 bits per heavy atom. The Hall–Kier alpha value is -1.68. The van der Waals surface area contributed by atoms with Gasteiger partial charge in [0, 0.05) is 29.4 Å². The number of nitrogens with one attached hydrogen (secondary N) is 1. The third kappa shape index (κ3) is 5.05. The fraction of sp³-hybridized carbons (Fsp3) is 0.524. The van der Waals surface area contributed by atoms with E-state index in [0.29, 0.717) is 43.4 Å². The molecule has 0 radical (unpaired) electrons. The molecule has 0 spiro atoms. The van der Waals surface area contributed by atoms with E-state index >= 15 is 0 Å². The SMILES string of the molecule is CC1CCN(C(=O)CN2CCC[C@H](NS(=O)(=O)c3cc4ccc(Cl)cc4s3)C2=O)CC1. The van der Waals surface area contributed by atoms with Gasteiger partial charge in [-0.05, 0) is 55.2 Å². The first-order chi connectivity index (χ1) is 14.7. The van der Waals surface area contributed by atoms with Gasteiger partial charge in [-0.3, -0.25) is 9.59 Å². The lowest BCUT2D eigenvalue weighted by atomic mass is 9.99. The molecular weight excluding hydrogens is 458 g/mol. The molecule has 0 saturated carbocycles. The lowest BCUT2D eigenvalue weighted by Gasteiger charge is -2.35. The Morgan fingerprint density at radius 2 is 1.94 bits per heavy atom. The van der Waals surface area contributed by atoms with Crippen LogP contribution < -0.4 is 4.72 Å². The molecule has 10 heteroatoms. The van der Waals surface area contributed by atoms with Crippen LogP contribution >= 0.6 is 22.9 Å². The van der Waals surface area contributed by atoms with Gasteiger partial charge in [0.1, 0.15) is 10.3 Å². The number of benzene rings is 1. The number of likely N-dealkylation sites (tertiary alicyclic amines) is 2. The van der Waals surface area contributed by atoms with Crippen LogP contribution in [0, 0.1) is 5.92 Å². The summed E-state index contributed by atoms with van der Waals surface area (Å²) in [5.41, 5.74) is 0. The molecule has 1 atom stereocenters. The number of thiophene rings is 1. The van der Waals surface area contributed by atoms with Gasteiger partial charge >= 0.3 is 0 Å². The molecule has 168 valence electrons. The molecule has 2 aliphatic rings. The van der Waals surface area contributed by atoms with Gasteiger partial charge in [-0.2, -0.15) is 4.72 Å². The summed E-state index contributed by atoms with van der Waals surface area (Å²) < 4.78 is 29.3. The van der Waals surface area contributed by atoms with Crippen molar-refractivity contribution >= 4 is 54.9 Å². The summed E-state index contributed by atoms with van der Waals surface area (Å²) in [5, 5.41) is 1.32. The summed E-state index contributed by atoms with van der Waals surface area (Å²) in [4.78, 5) is 28.9. The maximum Gasteiger partial charge on any atom is 0.250 e. The average molecular weight is 484 g/mol. The van der Waals surface area contributed by atoms with E-state index < -0.39 is 16.1 Å². The first kappa shape index (κ1) is 22.5. The highest BCUT2D eigenvalue weighted by atomic mass is 35.5. The van der Waals surface area contributed by atoms with Gasteiger partial charge in [-0.15, -0.1) is 11.3 Å². The molecule has 2 fully saturated rings. The third-order valence-electron chi connectivity index (χ3n) is 6.01. The minimum Gasteiger partial charge on any atom is -0.341 e. The van der Waals surface area contributed by atoms with Gasteiger partial charge in [0.2, 0.25) is 11.8 Å². The molecular formula is C21H26ClN3O4S2. The van der Waals surface area contributed by atoms with Crippen LogP contribution in [0.25, 0.3) is 10.1 Å². The fourth-order valence-electron chi connectivity index (χ4n) is 4.09. The van der Waals surface area contributed by atoms with E-state index in [2.05, 4.69) is 11.6 Å². The predicted molar refractivity (Wildman–Crippen MR) is 122 cm³/mol. The van der Waals surface area contributed by atoms with Crippen LogP contribution in [-0.2, 0) is 19.6 Å². The maximum atomic E-state index is 12.9. The van der Waals surface area contributed by atoms with E-state index in [1.54, 1.807) is 24.3 Å². The number of hydrogen-bond donors (Lipinski definition) is 1. The van der Waals surface area contributed by atoms with Gasteiger partial charge in [-0.1, -0.05) is 24.6 Å². The number of halogens is 1. The molecule has 2 aromatic rings. The standard InChI is InChI=1S/C21H26ClN3O4S2/c1-14-6-9-24(10-7-14)19(26)13-25-8-2-3-17(21(25)27)23-31(28,29)20-11-15-4-5-16(22)12-18(15)30-20/h4-5,11-12,14,17,23H,2-3,6-10,13H2,1H3/t17-/m0/s1. The number of amides is 2. The highest BCUT2D eigenvalue weighted by Gasteiger charge is 2.34. The van der Waals surface area contributed by atoms with E-state index in [9.17, 15) is 18.0 Å². The Kier molecular flexibility index (Phi) is 6.57. The highest BCUT2D eigenvalue weighted by molar-refractivity contribution is 7.91. The molecule has 31 heavy (non-hydrogen) atoms. The lowest BCUT2D eigenvalue weighted by molar-refractivity contribution is -0.143. The molecule has 2 aliphatic heterocycles. The van der Waals surface area contributed by atoms with Crippen molar-refractivity contribution in [3.8, 4) is 0 Å². The number of nitrogens with zero attached hydrogens (tertiary/aromatic N) is 2. The normalized spacial score (nSPS) is 21.1. The second-order valence-corrected chi connectivity index (χ2v) is 11.8. The zero-order chi connectivity index (χ0) is 22.2. The molecule has 2 amide bonds. The van der Waals surface area contributed by atoms with Crippen molar-refractivity contribution in [1.29, 1.82) is 0 Å². The molecule has 0 unspecified atom stereocenters. The molecule has 3 heterocycles. The van der Waals surface area contributed by atoms with Gasteiger partial charge in [-0.25, -0.2) is 8.42 Å². The van der Waals surface area contributed by atoms with Crippen molar-refractivity contribution in [2.45, 2.75) is 42.9 Å². The third-order valence-corrected chi connectivity index (χ3v) is 9.29. The van der Waals surface area contributed by atoms with Crippen LogP contribution in [-0.4, -0.2) is 62.3 Å². The van der Waals surface area contributed by atoms with Crippen molar-refractivity contribution in [1.82, 2.24) is 14.5 Å². The Bertz CT molecular complexity index is 1090. The maximum absolute atomic E-state index is 12.9. The van der Waals surface area contributed by atoms with E-state index in [4.69, 9.17) is 11.6 Å². The van der Waals surface area contributed by atoms with E-state index in [0.717, 1.165) is 34.3 Å². The van der Waals surface area contributed by atoms with Crippen LogP contribution in [0.5, 0.6) is 0 Å². The Balaban J connectivity index is 1.43. The second kappa shape index (κ2) is 9.05. The number of sulfonamides is 1. The Labute approximate surface area is 191 Å². The van der Waals surface area contributed by atoms with E-state index in [1.807, 2.05) is 4.90 Å². The van der Waals surface area contributed by atoms with Crippen LogP contribution in [0.3, 0.4) is 0 Å². The van der Waals surface area contributed by atoms with Gasteiger partial charge < -0.3 is 9.80 Å². The summed E-state index contributed by atoms with van der Waals surface area (Å²) in [7, 11) is -3.86.